The Hall–Kier alpha value is -0.760. The Morgan fingerprint density at radius 3 is 1.12 bits per heavy atom. The fraction of sp³-hybridized carbons (Fsp3) is 0.946. The van der Waals surface area contributed by atoms with E-state index in [4.69, 9.17) is 24.3 Å². The first-order valence-corrected chi connectivity index (χ1v) is 30.2. The lowest BCUT2D eigenvalue weighted by molar-refractivity contribution is -0.154. The van der Waals surface area contributed by atoms with Crippen LogP contribution < -0.4 is 5.73 Å². The molecule has 2 atom stereocenters. The monoisotopic (exact) mass is 942 g/mol. The summed E-state index contributed by atoms with van der Waals surface area (Å²) in [6, 6.07) is 0. The number of hydrogen-bond donors (Lipinski definition) is 2. The molecule has 0 fully saturated rings. The molecular weight excluding hydrogens is 830 g/mol. The molecule has 0 spiro atoms. The van der Waals surface area contributed by atoms with Crippen molar-refractivity contribution in [2.24, 2.45) is 5.73 Å². The fourth-order valence-corrected chi connectivity index (χ4v) is 9.47. The predicted octanol–water partition coefficient (Wildman–Crippen LogP) is 18.2. The maximum Gasteiger partial charge on any atom is 0.472 e. The minimum Gasteiger partial charge on any atom is -0.457 e. The molecule has 0 aliphatic carbocycles. The molecular formula is C56H112NO7P. The van der Waals surface area contributed by atoms with Gasteiger partial charge in [-0.1, -0.05) is 270 Å². The van der Waals surface area contributed by atoms with Crippen molar-refractivity contribution in [1.82, 2.24) is 0 Å². The molecule has 0 rings (SSSR count). The molecule has 8 nitrogen and oxygen atoms in total. The first-order valence-electron chi connectivity index (χ1n) is 28.7. The summed E-state index contributed by atoms with van der Waals surface area (Å²) in [7, 11) is -4.28. The molecule has 0 radical (unpaired) electrons. The minimum atomic E-state index is -4.28. The molecule has 65 heavy (non-hydrogen) atoms. The van der Waals surface area contributed by atoms with Crippen molar-refractivity contribution in [3.05, 3.63) is 12.2 Å². The van der Waals surface area contributed by atoms with Crippen molar-refractivity contribution < 1.29 is 32.8 Å². The number of carbonyl (C=O) groups is 1. The van der Waals surface area contributed by atoms with Crippen molar-refractivity contribution in [2.75, 3.05) is 33.0 Å². The molecule has 0 saturated carbocycles. The predicted molar refractivity (Wildman–Crippen MR) is 280 cm³/mol. The number of nitrogens with two attached hydrogens (primary N) is 1. The number of ether oxygens (including phenoxy) is 2. The van der Waals surface area contributed by atoms with Crippen LogP contribution in [0.25, 0.3) is 0 Å². The molecule has 3 N–H and O–H groups in total. The van der Waals surface area contributed by atoms with Crippen molar-refractivity contribution in [3.63, 3.8) is 0 Å². The second kappa shape index (κ2) is 54.2. The van der Waals surface area contributed by atoms with Crippen LogP contribution in [0.15, 0.2) is 12.2 Å². The number of phosphoric ester groups is 1. The fourth-order valence-electron chi connectivity index (χ4n) is 8.70. The first kappa shape index (κ1) is 64.2. The number of rotatable bonds is 56. The van der Waals surface area contributed by atoms with Crippen molar-refractivity contribution in [1.29, 1.82) is 0 Å². The van der Waals surface area contributed by atoms with Gasteiger partial charge < -0.3 is 20.1 Å². The summed E-state index contributed by atoms with van der Waals surface area (Å²) in [6.07, 6.45) is 62.6. The average molecular weight is 942 g/mol. The van der Waals surface area contributed by atoms with Crippen LogP contribution in [-0.4, -0.2) is 49.9 Å². The minimum absolute atomic E-state index is 0.0913. The number of unbranched alkanes of at least 4 members (excludes halogenated alkanes) is 41. The zero-order chi connectivity index (χ0) is 47.3. The number of allylic oxidation sites excluding steroid dienone is 2. The number of phosphoric acid groups is 1. The molecule has 0 bridgehead atoms. The van der Waals surface area contributed by atoms with Gasteiger partial charge >= 0.3 is 13.8 Å². The van der Waals surface area contributed by atoms with Crippen LogP contribution in [0.2, 0.25) is 0 Å². The van der Waals surface area contributed by atoms with E-state index in [1.807, 2.05) is 0 Å². The molecule has 0 aromatic carbocycles. The van der Waals surface area contributed by atoms with Crippen molar-refractivity contribution >= 4 is 13.8 Å². The zero-order valence-corrected chi connectivity index (χ0v) is 44.4. The first-order chi connectivity index (χ1) is 31.9. The van der Waals surface area contributed by atoms with Crippen molar-refractivity contribution in [2.45, 2.75) is 309 Å². The molecule has 0 aliphatic rings. The van der Waals surface area contributed by atoms with Gasteiger partial charge in [-0.3, -0.25) is 13.8 Å². The second-order valence-corrected chi connectivity index (χ2v) is 21.0. The van der Waals surface area contributed by atoms with Gasteiger partial charge in [0.1, 0.15) is 6.10 Å². The smallest absolute Gasteiger partial charge is 0.457 e. The summed E-state index contributed by atoms with van der Waals surface area (Å²) in [5.74, 6) is -0.321. The molecule has 0 heterocycles. The lowest BCUT2D eigenvalue weighted by Gasteiger charge is -2.20. The quantitative estimate of drug-likeness (QED) is 0.0268. The van der Waals surface area contributed by atoms with Gasteiger partial charge in [0, 0.05) is 19.6 Å². The maximum atomic E-state index is 12.7. The van der Waals surface area contributed by atoms with Crippen LogP contribution in [0.4, 0.5) is 0 Å². The lowest BCUT2D eigenvalue weighted by atomic mass is 10.0. The summed E-state index contributed by atoms with van der Waals surface area (Å²) in [5.41, 5.74) is 5.40. The highest BCUT2D eigenvalue weighted by molar-refractivity contribution is 7.47. The third-order valence-corrected chi connectivity index (χ3v) is 13.9. The normalized spacial score (nSPS) is 13.2. The third kappa shape index (κ3) is 54.1. The Kier molecular flexibility index (Phi) is 53.6. The van der Waals surface area contributed by atoms with E-state index < -0.39 is 13.9 Å². The van der Waals surface area contributed by atoms with E-state index in [0.717, 1.165) is 32.1 Å². The molecule has 2 unspecified atom stereocenters. The van der Waals surface area contributed by atoms with Gasteiger partial charge in [0.25, 0.3) is 0 Å². The van der Waals surface area contributed by atoms with E-state index in [9.17, 15) is 14.3 Å². The van der Waals surface area contributed by atoms with E-state index in [-0.39, 0.29) is 32.3 Å². The van der Waals surface area contributed by atoms with Crippen LogP contribution in [-0.2, 0) is 27.9 Å². The Morgan fingerprint density at radius 1 is 0.446 bits per heavy atom. The Labute approximate surface area is 404 Å². The molecule has 0 saturated heterocycles. The van der Waals surface area contributed by atoms with Gasteiger partial charge in [0.05, 0.1) is 19.8 Å². The molecule has 0 aromatic rings. The van der Waals surface area contributed by atoms with Gasteiger partial charge in [0.2, 0.25) is 0 Å². The van der Waals surface area contributed by atoms with Gasteiger partial charge in [-0.25, -0.2) is 4.57 Å². The highest BCUT2D eigenvalue weighted by Gasteiger charge is 2.25. The molecule has 0 aliphatic heterocycles. The van der Waals surface area contributed by atoms with Crippen molar-refractivity contribution in [3.8, 4) is 0 Å². The van der Waals surface area contributed by atoms with E-state index in [1.165, 1.54) is 250 Å². The standard InChI is InChI=1S/C56H112NO7P/c1-3-5-7-9-11-13-15-17-19-21-23-25-27-28-30-32-34-36-38-40-42-44-46-48-51-61-53-55(54-63-65(59,60)62-52-50-57)64-56(58)49-47-45-43-41-39-37-35-33-31-29-26-24-22-20-18-16-14-12-10-8-6-4-2/h21,23,55H,3-20,22,24-54,57H2,1-2H3,(H,59,60)/b23-21-. The topological polar surface area (TPSA) is 117 Å². The highest BCUT2D eigenvalue weighted by Crippen LogP contribution is 2.43. The average Bonchev–Trinajstić information content (AvgIpc) is 3.30. The summed E-state index contributed by atoms with van der Waals surface area (Å²) < 4.78 is 33.7. The molecule has 9 heteroatoms. The summed E-state index contributed by atoms with van der Waals surface area (Å²) >= 11 is 0. The van der Waals surface area contributed by atoms with Gasteiger partial charge in [0.15, 0.2) is 0 Å². The van der Waals surface area contributed by atoms with E-state index in [0.29, 0.717) is 13.0 Å². The summed E-state index contributed by atoms with van der Waals surface area (Å²) in [5, 5.41) is 0. The van der Waals surface area contributed by atoms with Crippen LogP contribution in [0.3, 0.4) is 0 Å². The summed E-state index contributed by atoms with van der Waals surface area (Å²) in [6.45, 7) is 5.00. The Bertz CT molecular complexity index is 1010. The summed E-state index contributed by atoms with van der Waals surface area (Å²) in [4.78, 5) is 22.7. The Balaban J connectivity index is 3.84. The van der Waals surface area contributed by atoms with Crippen LogP contribution in [0.5, 0.6) is 0 Å². The van der Waals surface area contributed by atoms with Crippen LogP contribution in [0.1, 0.15) is 303 Å². The largest absolute Gasteiger partial charge is 0.472 e. The number of esters is 1. The number of hydrogen-bond acceptors (Lipinski definition) is 7. The van der Waals surface area contributed by atoms with Crippen LogP contribution >= 0.6 is 7.82 Å². The molecule has 388 valence electrons. The zero-order valence-electron chi connectivity index (χ0n) is 43.5. The SMILES string of the molecule is CCCCCCCCCC/C=C\CCCCCCCCCCCCCCOCC(COP(=O)(O)OCCN)OC(=O)CCCCCCCCCCCCCCCCCCCCCCCC. The highest BCUT2D eigenvalue weighted by atomic mass is 31.2. The second-order valence-electron chi connectivity index (χ2n) is 19.5. The van der Waals surface area contributed by atoms with Gasteiger partial charge in [-0.05, 0) is 38.5 Å². The molecule has 0 aromatic heterocycles. The maximum absolute atomic E-state index is 12.7. The number of carbonyl (C=O) groups excluding carboxylic acids is 1. The van der Waals surface area contributed by atoms with E-state index in [1.54, 1.807) is 0 Å². The van der Waals surface area contributed by atoms with Crippen LogP contribution in [0, 0.1) is 0 Å². The Morgan fingerprint density at radius 2 is 0.769 bits per heavy atom. The lowest BCUT2D eigenvalue weighted by Crippen LogP contribution is -2.28. The third-order valence-electron chi connectivity index (χ3n) is 12.9. The van der Waals surface area contributed by atoms with Gasteiger partial charge in [-0.15, -0.1) is 0 Å². The van der Waals surface area contributed by atoms with E-state index in [2.05, 4.69) is 26.0 Å². The molecule has 0 amide bonds. The van der Waals surface area contributed by atoms with Gasteiger partial charge in [-0.2, -0.15) is 0 Å². The van der Waals surface area contributed by atoms with E-state index >= 15 is 0 Å².